The molecule has 1 aliphatic rings. The minimum atomic E-state index is -1.04. The smallest absolute Gasteiger partial charge is 0.326 e. The van der Waals surface area contributed by atoms with Crippen LogP contribution >= 0.6 is 0 Å². The number of carboxylic acid groups (broad SMARTS) is 1. The number of nitrogens with one attached hydrogen (secondary N) is 1. The molecule has 1 unspecified atom stereocenters. The quantitative estimate of drug-likeness (QED) is 0.594. The molecule has 7 nitrogen and oxygen atoms in total. The number of urea groups is 1. The summed E-state index contributed by atoms with van der Waals surface area (Å²) in [6.07, 6.45) is 1.63. The Balaban J connectivity index is 2.40. The monoisotopic (exact) mass is 274 g/mol. The third-order valence-corrected chi connectivity index (χ3v) is 3.19. The van der Waals surface area contributed by atoms with Crippen molar-refractivity contribution in [2.45, 2.75) is 37.8 Å². The number of carbonyl (C=O) groups excluding carboxylic acids is 1. The number of likely N-dealkylation sites (tertiary alicyclic amines) is 1. The van der Waals surface area contributed by atoms with Gasteiger partial charge in [0.05, 0.1) is 6.10 Å². The lowest BCUT2D eigenvalue weighted by Gasteiger charge is -2.30. The molecule has 0 bridgehead atoms. The Labute approximate surface area is 112 Å². The molecule has 0 spiro atoms. The van der Waals surface area contributed by atoms with Gasteiger partial charge >= 0.3 is 12.0 Å². The van der Waals surface area contributed by atoms with Crippen LogP contribution in [0.4, 0.5) is 4.79 Å². The topological polar surface area (TPSA) is 99.1 Å². The summed E-state index contributed by atoms with van der Waals surface area (Å²) in [5.74, 6) is -1.04. The minimum Gasteiger partial charge on any atom is -0.480 e. The highest BCUT2D eigenvalue weighted by atomic mass is 16.5. The number of rotatable bonds is 6. The van der Waals surface area contributed by atoms with Crippen molar-refractivity contribution in [3.63, 3.8) is 0 Å². The van der Waals surface area contributed by atoms with Crippen LogP contribution in [0.5, 0.6) is 0 Å². The van der Waals surface area contributed by atoms with Gasteiger partial charge in [0.25, 0.3) is 0 Å². The van der Waals surface area contributed by atoms with E-state index in [4.69, 9.17) is 9.84 Å². The molecule has 19 heavy (non-hydrogen) atoms. The van der Waals surface area contributed by atoms with E-state index in [2.05, 4.69) is 5.32 Å². The van der Waals surface area contributed by atoms with Gasteiger partial charge in [-0.3, -0.25) is 0 Å². The highest BCUT2D eigenvalue weighted by Crippen LogP contribution is 2.10. The average molecular weight is 274 g/mol. The zero-order valence-corrected chi connectivity index (χ0v) is 11.2. The molecule has 0 aromatic carbocycles. The maximum atomic E-state index is 11.9. The van der Waals surface area contributed by atoms with Gasteiger partial charge in [-0.05, 0) is 25.7 Å². The lowest BCUT2D eigenvalue weighted by Crippen LogP contribution is -2.50. The molecule has 1 rings (SSSR count). The zero-order valence-electron chi connectivity index (χ0n) is 11.2. The number of ether oxygens (including phenoxy) is 1. The summed E-state index contributed by atoms with van der Waals surface area (Å²) in [6, 6.07) is -1.27. The van der Waals surface area contributed by atoms with E-state index in [9.17, 15) is 14.7 Å². The normalized spacial score (nSPS) is 18.1. The molecule has 2 amide bonds. The van der Waals surface area contributed by atoms with E-state index in [1.165, 1.54) is 0 Å². The summed E-state index contributed by atoms with van der Waals surface area (Å²) in [6.45, 7) is 1.38. The Morgan fingerprint density at radius 2 is 2.05 bits per heavy atom. The van der Waals surface area contributed by atoms with Gasteiger partial charge in [-0.25, -0.2) is 9.59 Å². The van der Waals surface area contributed by atoms with E-state index in [0.29, 0.717) is 45.4 Å². The fourth-order valence-corrected chi connectivity index (χ4v) is 2.00. The Morgan fingerprint density at radius 1 is 1.42 bits per heavy atom. The number of piperidine rings is 1. The van der Waals surface area contributed by atoms with Crippen LogP contribution in [0.2, 0.25) is 0 Å². The first-order valence-corrected chi connectivity index (χ1v) is 6.50. The van der Waals surface area contributed by atoms with Gasteiger partial charge in [-0.15, -0.1) is 0 Å². The predicted octanol–water partition coefficient (Wildman–Crippen LogP) is 0.0325. The predicted molar refractivity (Wildman–Crippen MR) is 67.9 cm³/mol. The van der Waals surface area contributed by atoms with E-state index in [-0.39, 0.29) is 12.1 Å². The molecule has 0 aliphatic carbocycles. The standard InChI is InChI=1S/C12H22N2O5/c1-19-8-2-3-10(11(16)17)13-12(18)14-6-4-9(15)5-7-14/h9-10,15H,2-8H2,1H3,(H,13,18)(H,16,17). The number of carboxylic acids is 1. The second-order valence-corrected chi connectivity index (χ2v) is 4.69. The molecule has 1 saturated heterocycles. The van der Waals surface area contributed by atoms with Crippen LogP contribution in [0.25, 0.3) is 0 Å². The lowest BCUT2D eigenvalue weighted by atomic mass is 10.1. The molecule has 1 heterocycles. The van der Waals surface area contributed by atoms with Gasteiger partial charge in [0.15, 0.2) is 0 Å². The van der Waals surface area contributed by atoms with Crippen molar-refractivity contribution < 1.29 is 24.5 Å². The highest BCUT2D eigenvalue weighted by molar-refractivity contribution is 5.82. The molecule has 0 aromatic rings. The molecular weight excluding hydrogens is 252 g/mol. The maximum Gasteiger partial charge on any atom is 0.326 e. The number of hydrogen-bond donors (Lipinski definition) is 3. The number of aliphatic hydroxyl groups is 1. The Hall–Kier alpha value is -1.34. The van der Waals surface area contributed by atoms with Crippen molar-refractivity contribution >= 4 is 12.0 Å². The number of amides is 2. The van der Waals surface area contributed by atoms with Crippen molar-refractivity contribution in [1.82, 2.24) is 10.2 Å². The lowest BCUT2D eigenvalue weighted by molar-refractivity contribution is -0.139. The van der Waals surface area contributed by atoms with Crippen molar-refractivity contribution in [3.05, 3.63) is 0 Å². The number of aliphatic hydroxyl groups excluding tert-OH is 1. The largest absolute Gasteiger partial charge is 0.480 e. The number of nitrogens with zero attached hydrogens (tertiary/aromatic N) is 1. The minimum absolute atomic E-state index is 0.339. The van der Waals surface area contributed by atoms with Crippen molar-refractivity contribution in [2.75, 3.05) is 26.8 Å². The molecule has 1 aliphatic heterocycles. The van der Waals surface area contributed by atoms with Crippen molar-refractivity contribution in [1.29, 1.82) is 0 Å². The molecule has 110 valence electrons. The molecule has 1 fully saturated rings. The van der Waals surface area contributed by atoms with Crippen LogP contribution in [0, 0.1) is 0 Å². The molecule has 7 heteroatoms. The molecule has 0 radical (unpaired) electrons. The second kappa shape index (κ2) is 7.96. The second-order valence-electron chi connectivity index (χ2n) is 4.69. The molecule has 3 N–H and O–H groups in total. The van der Waals surface area contributed by atoms with Crippen molar-refractivity contribution in [2.24, 2.45) is 0 Å². The molecule has 0 saturated carbocycles. The SMILES string of the molecule is COCCCC(NC(=O)N1CCC(O)CC1)C(=O)O. The van der Waals surface area contributed by atoms with E-state index in [1.54, 1.807) is 12.0 Å². The van der Waals surface area contributed by atoms with E-state index in [0.717, 1.165) is 0 Å². The van der Waals surface area contributed by atoms with Gasteiger partial charge < -0.3 is 25.2 Å². The summed E-state index contributed by atoms with van der Waals surface area (Å²) in [7, 11) is 1.55. The van der Waals surface area contributed by atoms with Crippen LogP contribution in [-0.2, 0) is 9.53 Å². The first-order valence-electron chi connectivity index (χ1n) is 6.50. The van der Waals surface area contributed by atoms with E-state index in [1.807, 2.05) is 0 Å². The first kappa shape index (κ1) is 15.7. The zero-order chi connectivity index (χ0) is 14.3. The Kier molecular flexibility index (Phi) is 6.58. The molecule has 1 atom stereocenters. The van der Waals surface area contributed by atoms with Crippen LogP contribution in [-0.4, -0.2) is 66.1 Å². The van der Waals surface area contributed by atoms with Gasteiger partial charge in [0, 0.05) is 26.8 Å². The summed E-state index contributed by atoms with van der Waals surface area (Å²) in [5.41, 5.74) is 0. The molecule has 0 aromatic heterocycles. The fraction of sp³-hybridized carbons (Fsp3) is 0.833. The fourth-order valence-electron chi connectivity index (χ4n) is 2.00. The van der Waals surface area contributed by atoms with Crippen molar-refractivity contribution in [3.8, 4) is 0 Å². The van der Waals surface area contributed by atoms with Gasteiger partial charge in [0.2, 0.25) is 0 Å². The van der Waals surface area contributed by atoms with Crippen LogP contribution in [0.1, 0.15) is 25.7 Å². The Morgan fingerprint density at radius 3 is 2.58 bits per heavy atom. The maximum absolute atomic E-state index is 11.9. The summed E-state index contributed by atoms with van der Waals surface area (Å²) < 4.78 is 4.86. The van der Waals surface area contributed by atoms with E-state index >= 15 is 0 Å². The third kappa shape index (κ3) is 5.44. The van der Waals surface area contributed by atoms with Crippen LogP contribution < -0.4 is 5.32 Å². The number of hydrogen-bond acceptors (Lipinski definition) is 4. The van der Waals surface area contributed by atoms with Crippen LogP contribution in [0.3, 0.4) is 0 Å². The van der Waals surface area contributed by atoms with Gasteiger partial charge in [-0.2, -0.15) is 0 Å². The Bertz CT molecular complexity index is 302. The number of carbonyl (C=O) groups is 2. The average Bonchev–Trinajstić information content (AvgIpc) is 2.38. The summed E-state index contributed by atoms with van der Waals surface area (Å²) in [4.78, 5) is 24.5. The first-order chi connectivity index (χ1) is 9.04. The highest BCUT2D eigenvalue weighted by Gasteiger charge is 2.25. The number of methoxy groups -OCH3 is 1. The van der Waals surface area contributed by atoms with E-state index < -0.39 is 12.0 Å². The number of aliphatic carboxylic acids is 1. The van der Waals surface area contributed by atoms with Gasteiger partial charge in [0.1, 0.15) is 6.04 Å². The van der Waals surface area contributed by atoms with Crippen LogP contribution in [0.15, 0.2) is 0 Å². The van der Waals surface area contributed by atoms with Gasteiger partial charge in [-0.1, -0.05) is 0 Å². The third-order valence-electron chi connectivity index (χ3n) is 3.19. The summed E-state index contributed by atoms with van der Waals surface area (Å²) >= 11 is 0. The molecular formula is C12H22N2O5. The summed E-state index contributed by atoms with van der Waals surface area (Å²) in [5, 5.41) is 20.9.